The molecule has 3 aromatic rings. The van der Waals surface area contributed by atoms with E-state index in [2.05, 4.69) is 33.4 Å². The van der Waals surface area contributed by atoms with Gasteiger partial charge in [-0.25, -0.2) is 0 Å². The maximum Gasteiger partial charge on any atom is 0.271 e. The van der Waals surface area contributed by atoms with Crippen molar-refractivity contribution in [1.29, 1.82) is 0 Å². The van der Waals surface area contributed by atoms with Gasteiger partial charge in [0.05, 0.1) is 5.52 Å². The van der Waals surface area contributed by atoms with E-state index >= 15 is 0 Å². The average Bonchev–Trinajstić information content (AvgIpc) is 3.16. The molecule has 0 radical (unpaired) electrons. The number of hydrogen-bond donors (Lipinski definition) is 1. The Kier molecular flexibility index (Phi) is 3.99. The molecule has 1 aliphatic heterocycles. The van der Waals surface area contributed by atoms with Crippen LogP contribution in [-0.4, -0.2) is 39.1 Å². The van der Waals surface area contributed by atoms with E-state index in [-0.39, 0.29) is 5.91 Å². The lowest BCUT2D eigenvalue weighted by molar-refractivity contribution is 0.0667. The first-order valence-corrected chi connectivity index (χ1v) is 8.42. The second-order valence-electron chi connectivity index (χ2n) is 6.42. The standard InChI is InChI=1S/C19H20N4O/c24-19(18-8-10-21-22-18)23-11-3-4-14(13-23)12-15-7-9-20-17-6-2-1-5-16(15)17/h1-2,5-10,14H,3-4,11-13H2,(H,21,22)/t14-/m0/s1. The van der Waals surface area contributed by atoms with Crippen LogP contribution in [0.15, 0.2) is 48.8 Å². The number of likely N-dealkylation sites (tertiary alicyclic amines) is 1. The maximum absolute atomic E-state index is 12.5. The lowest BCUT2D eigenvalue weighted by Gasteiger charge is -2.32. The van der Waals surface area contributed by atoms with E-state index in [0.717, 1.165) is 37.9 Å². The number of piperidine rings is 1. The Morgan fingerprint density at radius 2 is 2.12 bits per heavy atom. The zero-order valence-corrected chi connectivity index (χ0v) is 13.5. The fraction of sp³-hybridized carbons (Fsp3) is 0.316. The van der Waals surface area contributed by atoms with Crippen LogP contribution in [0.25, 0.3) is 10.9 Å². The summed E-state index contributed by atoms with van der Waals surface area (Å²) in [6.07, 6.45) is 6.69. The van der Waals surface area contributed by atoms with Gasteiger partial charge in [0, 0.05) is 30.9 Å². The van der Waals surface area contributed by atoms with Crippen molar-refractivity contribution in [1.82, 2.24) is 20.1 Å². The van der Waals surface area contributed by atoms with Gasteiger partial charge >= 0.3 is 0 Å². The smallest absolute Gasteiger partial charge is 0.271 e. The van der Waals surface area contributed by atoms with Crippen molar-refractivity contribution < 1.29 is 4.79 Å². The molecular formula is C19H20N4O. The minimum Gasteiger partial charge on any atom is -0.337 e. The van der Waals surface area contributed by atoms with Crippen molar-refractivity contribution in [2.24, 2.45) is 5.92 Å². The first-order valence-electron chi connectivity index (χ1n) is 8.42. The summed E-state index contributed by atoms with van der Waals surface area (Å²) in [5, 5.41) is 7.87. The maximum atomic E-state index is 12.5. The third-order valence-corrected chi connectivity index (χ3v) is 4.79. The first-order chi connectivity index (χ1) is 11.8. The predicted molar refractivity (Wildman–Crippen MR) is 92.7 cm³/mol. The molecule has 0 spiro atoms. The van der Waals surface area contributed by atoms with Gasteiger partial charge in [0.2, 0.25) is 0 Å². The Morgan fingerprint density at radius 3 is 3.00 bits per heavy atom. The summed E-state index contributed by atoms with van der Waals surface area (Å²) in [5.41, 5.74) is 2.93. The summed E-state index contributed by atoms with van der Waals surface area (Å²) in [5.74, 6) is 0.535. The Hall–Kier alpha value is -2.69. The van der Waals surface area contributed by atoms with Gasteiger partial charge in [0.25, 0.3) is 5.91 Å². The Morgan fingerprint density at radius 1 is 1.21 bits per heavy atom. The summed E-state index contributed by atoms with van der Waals surface area (Å²) in [4.78, 5) is 18.9. The second kappa shape index (κ2) is 6.43. The van der Waals surface area contributed by atoms with Gasteiger partial charge in [-0.1, -0.05) is 18.2 Å². The van der Waals surface area contributed by atoms with Crippen LogP contribution in [0.3, 0.4) is 0 Å². The normalized spacial score (nSPS) is 18.0. The van der Waals surface area contributed by atoms with E-state index in [1.165, 1.54) is 10.9 Å². The summed E-state index contributed by atoms with van der Waals surface area (Å²) >= 11 is 0. The monoisotopic (exact) mass is 320 g/mol. The lowest BCUT2D eigenvalue weighted by Crippen LogP contribution is -2.40. The molecule has 24 heavy (non-hydrogen) atoms. The average molecular weight is 320 g/mol. The van der Waals surface area contributed by atoms with Crippen LogP contribution in [0.1, 0.15) is 28.9 Å². The third-order valence-electron chi connectivity index (χ3n) is 4.79. The number of rotatable bonds is 3. The summed E-state index contributed by atoms with van der Waals surface area (Å²) in [6.45, 7) is 1.62. The van der Waals surface area contributed by atoms with E-state index < -0.39 is 0 Å². The number of H-pyrrole nitrogens is 1. The van der Waals surface area contributed by atoms with Crippen molar-refractivity contribution in [3.8, 4) is 0 Å². The quantitative estimate of drug-likeness (QED) is 0.807. The molecule has 5 nitrogen and oxygen atoms in total. The molecule has 2 aromatic heterocycles. The molecule has 3 heterocycles. The molecule has 0 aliphatic carbocycles. The van der Waals surface area contributed by atoms with E-state index in [0.29, 0.717) is 11.6 Å². The van der Waals surface area contributed by atoms with Crippen LogP contribution in [0.2, 0.25) is 0 Å². The Balaban J connectivity index is 1.51. The van der Waals surface area contributed by atoms with Crippen molar-refractivity contribution in [3.63, 3.8) is 0 Å². The van der Waals surface area contributed by atoms with E-state index in [4.69, 9.17) is 0 Å². The van der Waals surface area contributed by atoms with E-state index in [1.54, 1.807) is 12.3 Å². The van der Waals surface area contributed by atoms with Gasteiger partial charge in [-0.3, -0.25) is 14.9 Å². The molecule has 1 N–H and O–H groups in total. The SMILES string of the molecule is O=C(c1ccn[nH]1)N1CCC[C@@H](Cc2ccnc3ccccc23)C1. The topological polar surface area (TPSA) is 61.9 Å². The number of benzene rings is 1. The van der Waals surface area contributed by atoms with Crippen LogP contribution in [0.5, 0.6) is 0 Å². The van der Waals surface area contributed by atoms with Crippen molar-refractivity contribution in [2.45, 2.75) is 19.3 Å². The molecular weight excluding hydrogens is 300 g/mol. The highest BCUT2D eigenvalue weighted by Gasteiger charge is 2.25. The molecule has 1 aromatic carbocycles. The van der Waals surface area contributed by atoms with Crippen LogP contribution in [0, 0.1) is 5.92 Å². The van der Waals surface area contributed by atoms with Crippen LogP contribution >= 0.6 is 0 Å². The molecule has 4 rings (SSSR count). The van der Waals surface area contributed by atoms with Gasteiger partial charge in [0.1, 0.15) is 5.69 Å². The van der Waals surface area contributed by atoms with Crippen LogP contribution < -0.4 is 0 Å². The molecule has 0 unspecified atom stereocenters. The van der Waals surface area contributed by atoms with Crippen molar-refractivity contribution >= 4 is 16.8 Å². The number of carbonyl (C=O) groups excluding carboxylic acids is 1. The molecule has 0 bridgehead atoms. The highest BCUT2D eigenvalue weighted by atomic mass is 16.2. The lowest BCUT2D eigenvalue weighted by atomic mass is 9.90. The molecule has 122 valence electrons. The van der Waals surface area contributed by atoms with E-state index in [9.17, 15) is 4.79 Å². The van der Waals surface area contributed by atoms with Crippen LogP contribution in [0.4, 0.5) is 0 Å². The summed E-state index contributed by atoms with van der Waals surface area (Å²) in [6, 6.07) is 12.1. The van der Waals surface area contributed by atoms with Gasteiger partial charge < -0.3 is 4.90 Å². The minimum atomic E-state index is 0.0526. The highest BCUT2D eigenvalue weighted by Crippen LogP contribution is 2.25. The molecule has 1 fully saturated rings. The number of aromatic nitrogens is 3. The van der Waals surface area contributed by atoms with Gasteiger partial charge in [-0.15, -0.1) is 0 Å². The first kappa shape index (κ1) is 14.9. The molecule has 1 amide bonds. The zero-order valence-electron chi connectivity index (χ0n) is 13.5. The number of carbonyl (C=O) groups is 1. The Bertz CT molecular complexity index is 838. The van der Waals surface area contributed by atoms with E-state index in [1.807, 2.05) is 23.2 Å². The number of para-hydroxylation sites is 1. The second-order valence-corrected chi connectivity index (χ2v) is 6.42. The zero-order chi connectivity index (χ0) is 16.4. The van der Waals surface area contributed by atoms with Gasteiger partial charge in [-0.05, 0) is 48.9 Å². The number of fused-ring (bicyclic) bond motifs is 1. The van der Waals surface area contributed by atoms with Crippen LogP contribution in [-0.2, 0) is 6.42 Å². The third kappa shape index (κ3) is 2.89. The molecule has 0 saturated carbocycles. The van der Waals surface area contributed by atoms with Gasteiger partial charge in [-0.2, -0.15) is 5.10 Å². The van der Waals surface area contributed by atoms with Crippen molar-refractivity contribution in [2.75, 3.05) is 13.1 Å². The van der Waals surface area contributed by atoms with Crippen molar-refractivity contribution in [3.05, 3.63) is 60.0 Å². The predicted octanol–water partition coefficient (Wildman–Crippen LogP) is 3.05. The fourth-order valence-corrected chi connectivity index (χ4v) is 3.61. The Labute approximate surface area is 140 Å². The molecule has 1 atom stereocenters. The molecule has 5 heteroatoms. The summed E-state index contributed by atoms with van der Waals surface area (Å²) < 4.78 is 0. The number of pyridine rings is 1. The minimum absolute atomic E-state index is 0.0526. The summed E-state index contributed by atoms with van der Waals surface area (Å²) in [7, 11) is 0. The van der Waals surface area contributed by atoms with Gasteiger partial charge in [0.15, 0.2) is 0 Å². The fourth-order valence-electron chi connectivity index (χ4n) is 3.61. The highest BCUT2D eigenvalue weighted by molar-refractivity contribution is 5.92. The number of hydrogen-bond acceptors (Lipinski definition) is 3. The number of amides is 1. The number of nitrogens with one attached hydrogen (secondary N) is 1. The molecule has 1 saturated heterocycles. The number of nitrogens with zero attached hydrogens (tertiary/aromatic N) is 3. The number of aromatic amines is 1. The molecule has 1 aliphatic rings. The largest absolute Gasteiger partial charge is 0.337 e.